The van der Waals surface area contributed by atoms with E-state index in [1.54, 1.807) is 12.5 Å². The van der Waals surface area contributed by atoms with Gasteiger partial charge in [-0.2, -0.15) is 0 Å². The molecule has 180 valence electrons. The van der Waals surface area contributed by atoms with E-state index >= 15 is 0 Å². The van der Waals surface area contributed by atoms with Crippen molar-refractivity contribution in [1.29, 1.82) is 0 Å². The number of carbonyl (C=O) groups excluding carboxylic acids is 1. The number of hydrogen-bond donors (Lipinski definition) is 1. The van der Waals surface area contributed by atoms with Crippen LogP contribution in [0.3, 0.4) is 0 Å². The highest BCUT2D eigenvalue weighted by atomic mass is 35.5. The molecule has 1 amide bonds. The molecule has 2 aliphatic rings. The number of halogens is 1. The molecule has 1 atom stereocenters. The molecule has 0 radical (unpaired) electrons. The van der Waals surface area contributed by atoms with Gasteiger partial charge in [0.05, 0.1) is 22.4 Å². The fourth-order valence-corrected chi connectivity index (χ4v) is 5.49. The van der Waals surface area contributed by atoms with Gasteiger partial charge in [-0.25, -0.2) is 15.0 Å². The predicted molar refractivity (Wildman–Crippen MR) is 140 cm³/mol. The summed E-state index contributed by atoms with van der Waals surface area (Å²) in [6.07, 6.45) is 6.49. The zero-order chi connectivity index (χ0) is 24.2. The first-order chi connectivity index (χ1) is 17.6. The number of hydrogen-bond acceptors (Lipinski definition) is 4. The molecule has 0 bridgehead atoms. The summed E-state index contributed by atoms with van der Waals surface area (Å²) < 4.78 is 2.20. The average molecular weight is 497 g/mol. The maximum atomic E-state index is 12.6. The Labute approximate surface area is 213 Å². The molecule has 2 fully saturated rings. The maximum Gasteiger partial charge on any atom is 0.225 e. The van der Waals surface area contributed by atoms with Gasteiger partial charge in [0.2, 0.25) is 5.91 Å². The third-order valence-electron chi connectivity index (χ3n) is 7.41. The van der Waals surface area contributed by atoms with Crippen molar-refractivity contribution in [3.8, 4) is 22.5 Å². The van der Waals surface area contributed by atoms with Gasteiger partial charge in [0, 0.05) is 37.3 Å². The molecular weight excluding hydrogens is 472 g/mol. The number of aromatic nitrogens is 5. The topological polar surface area (TPSA) is 79.7 Å². The van der Waals surface area contributed by atoms with Gasteiger partial charge in [-0.1, -0.05) is 41.9 Å². The van der Waals surface area contributed by atoms with Crippen LogP contribution < -0.4 is 0 Å². The molecule has 7 rings (SSSR count). The minimum atomic E-state index is 0.268. The van der Waals surface area contributed by atoms with E-state index in [0.717, 1.165) is 83.6 Å². The summed E-state index contributed by atoms with van der Waals surface area (Å²) in [5.41, 5.74) is 6.88. The zero-order valence-electron chi connectivity index (χ0n) is 19.7. The number of likely N-dealkylation sites (tertiary alicyclic amines) is 1. The molecule has 36 heavy (non-hydrogen) atoms. The van der Waals surface area contributed by atoms with Crippen LogP contribution in [0, 0.1) is 11.8 Å². The molecule has 1 saturated heterocycles. The van der Waals surface area contributed by atoms with Gasteiger partial charge in [0.15, 0.2) is 5.65 Å². The van der Waals surface area contributed by atoms with Gasteiger partial charge in [-0.3, -0.25) is 4.79 Å². The van der Waals surface area contributed by atoms with E-state index in [9.17, 15) is 4.79 Å². The molecule has 1 aliphatic carbocycles. The normalized spacial score (nSPS) is 17.9. The molecule has 1 saturated carbocycles. The number of nitrogens with one attached hydrogen (secondary N) is 1. The summed E-state index contributed by atoms with van der Waals surface area (Å²) in [7, 11) is 0. The monoisotopic (exact) mass is 496 g/mol. The van der Waals surface area contributed by atoms with Crippen molar-refractivity contribution < 1.29 is 4.79 Å². The third-order valence-corrected chi connectivity index (χ3v) is 7.62. The standard InChI is InChI=1S/C28H25ClN6O/c29-22-12-25-27(30-13-22)35(15-17-9-10-34(14-17)28(36)20-5-6-20)26(33-25)19-3-1-18(2-4-19)21-7-8-23-24(11-21)32-16-31-23/h1-4,7-8,11-13,16-17,20H,5-6,9-10,14-15H2,(H,31,32). The second-order valence-electron chi connectivity index (χ2n) is 9.97. The summed E-state index contributed by atoms with van der Waals surface area (Å²) in [5, 5.41) is 0.574. The Morgan fingerprint density at radius 3 is 2.61 bits per heavy atom. The number of fused-ring (bicyclic) bond motifs is 2. The van der Waals surface area contributed by atoms with E-state index in [-0.39, 0.29) is 5.92 Å². The van der Waals surface area contributed by atoms with Crippen LogP contribution in [-0.2, 0) is 11.3 Å². The minimum Gasteiger partial charge on any atom is -0.345 e. The molecule has 1 unspecified atom stereocenters. The van der Waals surface area contributed by atoms with Gasteiger partial charge in [0.25, 0.3) is 0 Å². The van der Waals surface area contributed by atoms with Crippen molar-refractivity contribution in [2.45, 2.75) is 25.8 Å². The second-order valence-corrected chi connectivity index (χ2v) is 10.4. The number of carbonyl (C=O) groups is 1. The van der Waals surface area contributed by atoms with Crippen molar-refractivity contribution in [3.63, 3.8) is 0 Å². The van der Waals surface area contributed by atoms with Crippen molar-refractivity contribution in [1.82, 2.24) is 29.4 Å². The van der Waals surface area contributed by atoms with Crippen LogP contribution in [0.5, 0.6) is 0 Å². The van der Waals surface area contributed by atoms with Gasteiger partial charge in [-0.05, 0) is 54.5 Å². The van der Waals surface area contributed by atoms with Gasteiger partial charge in [-0.15, -0.1) is 0 Å². The first-order valence-corrected chi connectivity index (χ1v) is 12.8. The highest BCUT2D eigenvalue weighted by Gasteiger charge is 2.36. The summed E-state index contributed by atoms with van der Waals surface area (Å²) in [4.78, 5) is 31.7. The minimum absolute atomic E-state index is 0.268. The highest BCUT2D eigenvalue weighted by molar-refractivity contribution is 6.31. The lowest BCUT2D eigenvalue weighted by molar-refractivity contribution is -0.131. The molecule has 4 heterocycles. The van der Waals surface area contributed by atoms with Crippen molar-refractivity contribution in [2.75, 3.05) is 13.1 Å². The quantitative estimate of drug-likeness (QED) is 0.346. The Morgan fingerprint density at radius 1 is 0.972 bits per heavy atom. The van der Waals surface area contributed by atoms with E-state index in [4.69, 9.17) is 16.6 Å². The molecule has 1 N–H and O–H groups in total. The van der Waals surface area contributed by atoms with Crippen LogP contribution in [0.2, 0.25) is 5.02 Å². The van der Waals surface area contributed by atoms with Crippen molar-refractivity contribution >= 4 is 39.7 Å². The van der Waals surface area contributed by atoms with Crippen LogP contribution >= 0.6 is 11.6 Å². The largest absolute Gasteiger partial charge is 0.345 e. The molecular formula is C28H25ClN6O. The smallest absolute Gasteiger partial charge is 0.225 e. The number of rotatable bonds is 5. The van der Waals surface area contributed by atoms with Crippen LogP contribution in [0.15, 0.2) is 61.1 Å². The second kappa shape index (κ2) is 8.45. The first-order valence-electron chi connectivity index (χ1n) is 12.5. The lowest BCUT2D eigenvalue weighted by Crippen LogP contribution is -2.30. The summed E-state index contributed by atoms with van der Waals surface area (Å²) in [6.45, 7) is 2.42. The van der Waals surface area contributed by atoms with E-state index in [1.807, 2.05) is 12.1 Å². The molecule has 3 aromatic heterocycles. The van der Waals surface area contributed by atoms with E-state index in [1.165, 1.54) is 0 Å². The molecule has 7 nitrogen and oxygen atoms in total. The zero-order valence-corrected chi connectivity index (χ0v) is 20.4. The summed E-state index contributed by atoms with van der Waals surface area (Å²) >= 11 is 6.24. The fraction of sp³-hybridized carbons (Fsp3) is 0.286. The lowest BCUT2D eigenvalue weighted by Gasteiger charge is -2.17. The Bertz CT molecular complexity index is 1600. The van der Waals surface area contributed by atoms with Gasteiger partial charge >= 0.3 is 0 Å². The van der Waals surface area contributed by atoms with Crippen LogP contribution in [0.25, 0.3) is 44.7 Å². The van der Waals surface area contributed by atoms with Crippen molar-refractivity contribution in [3.05, 3.63) is 66.1 Å². The van der Waals surface area contributed by atoms with Crippen LogP contribution in [0.4, 0.5) is 0 Å². The van der Waals surface area contributed by atoms with Crippen LogP contribution in [0.1, 0.15) is 19.3 Å². The summed E-state index contributed by atoms with van der Waals surface area (Å²) in [6, 6.07) is 16.6. The Kier molecular flexibility index (Phi) is 5.06. The number of pyridine rings is 1. The maximum absolute atomic E-state index is 12.6. The number of benzene rings is 2. The van der Waals surface area contributed by atoms with Crippen LogP contribution in [-0.4, -0.2) is 48.4 Å². The van der Waals surface area contributed by atoms with E-state index in [0.29, 0.717) is 16.8 Å². The number of imidazole rings is 2. The molecule has 1 aliphatic heterocycles. The van der Waals surface area contributed by atoms with Crippen molar-refractivity contribution in [2.24, 2.45) is 11.8 Å². The fourth-order valence-electron chi connectivity index (χ4n) is 5.34. The average Bonchev–Trinajstić information content (AvgIpc) is 3.30. The van der Waals surface area contributed by atoms with Gasteiger partial charge < -0.3 is 14.5 Å². The number of amides is 1. The number of aromatic amines is 1. The van der Waals surface area contributed by atoms with E-state index < -0.39 is 0 Å². The summed E-state index contributed by atoms with van der Waals surface area (Å²) in [5.74, 6) is 1.86. The highest BCUT2D eigenvalue weighted by Crippen LogP contribution is 2.34. The molecule has 5 aromatic rings. The Balaban J connectivity index is 1.21. The van der Waals surface area contributed by atoms with E-state index in [2.05, 4.69) is 60.8 Å². The third kappa shape index (κ3) is 3.84. The first kappa shape index (κ1) is 21.6. The molecule has 8 heteroatoms. The Hall–Kier alpha value is -3.71. The Morgan fingerprint density at radius 2 is 1.78 bits per heavy atom. The molecule has 0 spiro atoms. The number of H-pyrrole nitrogens is 1. The SMILES string of the molecule is O=C(C1CC1)N1CCC(Cn2c(-c3ccc(-c4ccc5nc[nH]c5c4)cc3)nc3cc(Cl)cnc32)C1. The molecule has 2 aromatic carbocycles. The predicted octanol–water partition coefficient (Wildman–Crippen LogP) is 5.55. The lowest BCUT2D eigenvalue weighted by atomic mass is 10.0. The van der Waals surface area contributed by atoms with Gasteiger partial charge in [0.1, 0.15) is 11.3 Å². The number of nitrogens with zero attached hydrogens (tertiary/aromatic N) is 5.